The highest BCUT2D eigenvalue weighted by Gasteiger charge is 2.19. The van der Waals surface area contributed by atoms with Crippen molar-refractivity contribution in [3.8, 4) is 28.4 Å². The Hall–Kier alpha value is -3.58. The van der Waals surface area contributed by atoms with Crippen molar-refractivity contribution in [2.75, 3.05) is 6.79 Å². The van der Waals surface area contributed by atoms with Gasteiger partial charge >= 0.3 is 5.97 Å². The molecule has 0 radical (unpaired) electrons. The van der Waals surface area contributed by atoms with Crippen molar-refractivity contribution in [3.05, 3.63) is 86.7 Å². The summed E-state index contributed by atoms with van der Waals surface area (Å²) in [6.07, 6.45) is 0. The molecule has 1 aliphatic heterocycles. The molecule has 31 heavy (non-hydrogen) atoms. The molecule has 0 spiro atoms. The van der Waals surface area contributed by atoms with Gasteiger partial charge in [-0.25, -0.2) is 4.79 Å². The largest absolute Gasteiger partial charge is 0.460 e. The molecule has 0 bridgehead atoms. The van der Waals surface area contributed by atoms with Crippen LogP contribution < -0.4 is 19.6 Å². The first-order valence-corrected chi connectivity index (χ1v) is 10.2. The standard InChI is InChI=1S/C24H15BrO6/c1-13-22(14-2-5-16(25)6-3-14)23(26)18-8-7-17(11-20(18)30-13)31-24(27)15-4-9-19-21(10-15)29-12-28-19/h2-11H,12H2,1H3. The van der Waals surface area contributed by atoms with Crippen LogP contribution in [0.5, 0.6) is 17.2 Å². The smallest absolute Gasteiger partial charge is 0.343 e. The molecule has 0 saturated carbocycles. The number of hydrogen-bond donors (Lipinski definition) is 0. The molecular formula is C24H15BrO6. The molecule has 6 nitrogen and oxygen atoms in total. The first kappa shape index (κ1) is 19.4. The predicted octanol–water partition coefficient (Wildman–Crippen LogP) is 5.48. The summed E-state index contributed by atoms with van der Waals surface area (Å²) < 4.78 is 22.9. The highest BCUT2D eigenvalue weighted by atomic mass is 79.9. The molecule has 0 amide bonds. The third-order valence-corrected chi connectivity index (χ3v) is 5.52. The molecule has 0 unspecified atom stereocenters. The van der Waals surface area contributed by atoms with Crippen LogP contribution in [0.3, 0.4) is 0 Å². The molecular weight excluding hydrogens is 464 g/mol. The van der Waals surface area contributed by atoms with Crippen LogP contribution in [0.2, 0.25) is 0 Å². The highest BCUT2D eigenvalue weighted by Crippen LogP contribution is 2.33. The molecule has 4 aromatic rings. The third kappa shape index (κ3) is 3.57. The lowest BCUT2D eigenvalue weighted by atomic mass is 10.0. The van der Waals surface area contributed by atoms with Gasteiger partial charge in [-0.15, -0.1) is 0 Å². The number of rotatable bonds is 3. The number of esters is 1. The summed E-state index contributed by atoms with van der Waals surface area (Å²) in [5.74, 6) is 1.28. The van der Waals surface area contributed by atoms with Crippen LogP contribution in [-0.4, -0.2) is 12.8 Å². The van der Waals surface area contributed by atoms with Crippen LogP contribution >= 0.6 is 15.9 Å². The lowest BCUT2D eigenvalue weighted by molar-refractivity contribution is 0.0734. The van der Waals surface area contributed by atoms with Gasteiger partial charge in [0.1, 0.15) is 17.1 Å². The van der Waals surface area contributed by atoms with Gasteiger partial charge in [0.2, 0.25) is 12.2 Å². The Labute approximate surface area is 185 Å². The van der Waals surface area contributed by atoms with E-state index in [1.54, 1.807) is 43.3 Å². The zero-order chi connectivity index (χ0) is 21.5. The van der Waals surface area contributed by atoms with E-state index in [2.05, 4.69) is 15.9 Å². The van der Waals surface area contributed by atoms with Gasteiger partial charge in [0, 0.05) is 10.5 Å². The van der Waals surface area contributed by atoms with Crippen LogP contribution in [0.4, 0.5) is 0 Å². The van der Waals surface area contributed by atoms with Crippen molar-refractivity contribution >= 4 is 32.9 Å². The summed E-state index contributed by atoms with van der Waals surface area (Å²) in [7, 11) is 0. The summed E-state index contributed by atoms with van der Waals surface area (Å²) in [6.45, 7) is 1.86. The second-order valence-electron chi connectivity index (χ2n) is 6.98. The summed E-state index contributed by atoms with van der Waals surface area (Å²) in [5.41, 5.74) is 1.81. The molecule has 0 fully saturated rings. The maximum absolute atomic E-state index is 13.1. The van der Waals surface area contributed by atoms with Crippen LogP contribution in [0.25, 0.3) is 22.1 Å². The molecule has 0 atom stereocenters. The van der Waals surface area contributed by atoms with Crippen molar-refractivity contribution in [1.82, 2.24) is 0 Å². The van der Waals surface area contributed by atoms with E-state index < -0.39 is 5.97 Å². The number of fused-ring (bicyclic) bond motifs is 2. The van der Waals surface area contributed by atoms with E-state index in [4.69, 9.17) is 18.6 Å². The van der Waals surface area contributed by atoms with Gasteiger partial charge in [0.05, 0.1) is 16.5 Å². The zero-order valence-corrected chi connectivity index (χ0v) is 17.9. The number of halogens is 1. The first-order chi connectivity index (χ1) is 15.0. The van der Waals surface area contributed by atoms with E-state index in [9.17, 15) is 9.59 Å². The number of aryl methyl sites for hydroxylation is 1. The quantitative estimate of drug-likeness (QED) is 0.286. The van der Waals surface area contributed by atoms with E-state index in [0.717, 1.165) is 10.0 Å². The Balaban J connectivity index is 1.48. The molecule has 1 aromatic heterocycles. The SMILES string of the molecule is Cc1oc2cc(OC(=O)c3ccc4c(c3)OCO4)ccc2c(=O)c1-c1ccc(Br)cc1. The molecule has 0 N–H and O–H groups in total. The summed E-state index contributed by atoms with van der Waals surface area (Å²) in [6, 6.07) is 17.0. The van der Waals surface area contributed by atoms with Crippen LogP contribution in [-0.2, 0) is 0 Å². The molecule has 1 aliphatic rings. The maximum atomic E-state index is 13.1. The minimum atomic E-state index is -0.553. The fraction of sp³-hybridized carbons (Fsp3) is 0.0833. The summed E-state index contributed by atoms with van der Waals surface area (Å²) in [5, 5.41) is 0.409. The molecule has 3 aromatic carbocycles. The van der Waals surface area contributed by atoms with E-state index in [0.29, 0.717) is 39.4 Å². The normalized spacial score (nSPS) is 12.2. The van der Waals surface area contributed by atoms with Crippen molar-refractivity contribution in [1.29, 1.82) is 0 Å². The van der Waals surface area contributed by atoms with Gasteiger partial charge in [0.25, 0.3) is 0 Å². The van der Waals surface area contributed by atoms with Gasteiger partial charge < -0.3 is 18.6 Å². The van der Waals surface area contributed by atoms with Crippen LogP contribution in [0.1, 0.15) is 16.1 Å². The second kappa shape index (κ2) is 7.59. The minimum Gasteiger partial charge on any atom is -0.460 e. The van der Waals surface area contributed by atoms with E-state index >= 15 is 0 Å². The molecule has 7 heteroatoms. The number of carbonyl (C=O) groups excluding carboxylic acids is 1. The van der Waals surface area contributed by atoms with Gasteiger partial charge in [-0.1, -0.05) is 28.1 Å². The molecule has 2 heterocycles. The van der Waals surface area contributed by atoms with Crippen molar-refractivity contribution in [3.63, 3.8) is 0 Å². The van der Waals surface area contributed by atoms with Crippen LogP contribution in [0, 0.1) is 6.92 Å². The Morgan fingerprint density at radius 2 is 1.74 bits per heavy atom. The Morgan fingerprint density at radius 3 is 2.55 bits per heavy atom. The molecule has 5 rings (SSSR count). The average Bonchev–Trinajstić information content (AvgIpc) is 3.23. The molecule has 0 aliphatic carbocycles. The fourth-order valence-corrected chi connectivity index (χ4v) is 3.75. The minimum absolute atomic E-state index is 0.124. The van der Waals surface area contributed by atoms with E-state index in [1.165, 1.54) is 0 Å². The third-order valence-electron chi connectivity index (χ3n) is 4.99. The number of benzene rings is 3. The van der Waals surface area contributed by atoms with Crippen molar-refractivity contribution in [2.45, 2.75) is 6.92 Å². The Kier molecular flexibility index (Phi) is 4.75. The zero-order valence-electron chi connectivity index (χ0n) is 16.3. The summed E-state index contributed by atoms with van der Waals surface area (Å²) in [4.78, 5) is 25.6. The van der Waals surface area contributed by atoms with Crippen molar-refractivity contribution < 1.29 is 23.4 Å². The Bertz CT molecular complexity index is 1390. The van der Waals surface area contributed by atoms with E-state index in [1.807, 2.05) is 24.3 Å². The van der Waals surface area contributed by atoms with Gasteiger partial charge in [-0.3, -0.25) is 4.79 Å². The number of ether oxygens (including phenoxy) is 3. The number of carbonyl (C=O) groups is 1. The van der Waals surface area contributed by atoms with Crippen molar-refractivity contribution in [2.24, 2.45) is 0 Å². The lowest BCUT2D eigenvalue weighted by Gasteiger charge is -2.09. The van der Waals surface area contributed by atoms with E-state index in [-0.39, 0.29) is 18.0 Å². The van der Waals surface area contributed by atoms with Gasteiger partial charge in [-0.05, 0) is 55.0 Å². The van der Waals surface area contributed by atoms with Gasteiger partial charge in [0.15, 0.2) is 11.5 Å². The lowest BCUT2D eigenvalue weighted by Crippen LogP contribution is -2.10. The molecule has 154 valence electrons. The van der Waals surface area contributed by atoms with Gasteiger partial charge in [-0.2, -0.15) is 0 Å². The fourth-order valence-electron chi connectivity index (χ4n) is 3.49. The monoisotopic (exact) mass is 478 g/mol. The Morgan fingerprint density at radius 1 is 0.968 bits per heavy atom. The average molecular weight is 479 g/mol. The predicted molar refractivity (Wildman–Crippen MR) is 118 cm³/mol. The summed E-state index contributed by atoms with van der Waals surface area (Å²) >= 11 is 3.40. The molecule has 0 saturated heterocycles. The number of hydrogen-bond acceptors (Lipinski definition) is 6. The second-order valence-corrected chi connectivity index (χ2v) is 7.90. The first-order valence-electron chi connectivity index (χ1n) is 9.45. The van der Waals surface area contributed by atoms with Crippen LogP contribution in [0.15, 0.2) is 74.3 Å². The maximum Gasteiger partial charge on any atom is 0.343 e. The highest BCUT2D eigenvalue weighted by molar-refractivity contribution is 9.10. The topological polar surface area (TPSA) is 75.0 Å².